The van der Waals surface area contributed by atoms with Crippen LogP contribution in [0, 0.1) is 0 Å². The van der Waals surface area contributed by atoms with Crippen LogP contribution in [0.4, 0.5) is 0 Å². The molecule has 5 nitrogen and oxygen atoms in total. The second-order valence-corrected chi connectivity index (χ2v) is 4.35. The lowest BCUT2D eigenvalue weighted by Crippen LogP contribution is -2.14. The lowest BCUT2D eigenvalue weighted by Gasteiger charge is -2.15. The number of nitrogens with two attached hydrogens (primary N) is 1. The standard InChI is InChI=1S/C7H19NO4P/c1-3-11-13(9,12-4-2)7-10-6-5-8/h9H,3-8H2,1-2H3/q+1. The Morgan fingerprint density at radius 2 is 1.77 bits per heavy atom. The van der Waals surface area contributed by atoms with E-state index in [1.54, 1.807) is 13.8 Å². The predicted molar refractivity (Wildman–Crippen MR) is 52.3 cm³/mol. The Labute approximate surface area is 79.7 Å². The minimum absolute atomic E-state index is 0.0892. The molecule has 0 aromatic rings. The van der Waals surface area contributed by atoms with Crippen LogP contribution in [0.5, 0.6) is 0 Å². The molecule has 0 rings (SSSR count). The fraction of sp³-hybridized carbons (Fsp3) is 1.00. The van der Waals surface area contributed by atoms with Gasteiger partial charge in [-0.25, -0.2) is 0 Å². The van der Waals surface area contributed by atoms with Crippen molar-refractivity contribution in [2.45, 2.75) is 13.8 Å². The molecule has 0 spiro atoms. The molecule has 3 N–H and O–H groups in total. The van der Waals surface area contributed by atoms with Crippen molar-refractivity contribution in [1.82, 2.24) is 0 Å². The average molecular weight is 212 g/mol. The summed E-state index contributed by atoms with van der Waals surface area (Å²) in [6, 6.07) is 0. The van der Waals surface area contributed by atoms with E-state index in [-0.39, 0.29) is 6.35 Å². The van der Waals surface area contributed by atoms with Crippen LogP contribution in [0.2, 0.25) is 0 Å². The Morgan fingerprint density at radius 1 is 1.23 bits per heavy atom. The third kappa shape index (κ3) is 6.32. The number of ether oxygens (including phenoxy) is 1. The first-order valence-corrected chi connectivity index (χ1v) is 6.12. The highest BCUT2D eigenvalue weighted by Gasteiger charge is 2.40. The Kier molecular flexibility index (Phi) is 7.75. The fourth-order valence-corrected chi connectivity index (χ4v) is 2.17. The summed E-state index contributed by atoms with van der Waals surface area (Å²) in [7, 11) is -2.78. The topological polar surface area (TPSA) is 73.9 Å². The van der Waals surface area contributed by atoms with E-state index in [1.165, 1.54) is 0 Å². The molecule has 0 aliphatic rings. The lowest BCUT2D eigenvalue weighted by atomic mass is 10.7. The van der Waals surface area contributed by atoms with Gasteiger partial charge in [-0.05, 0) is 13.8 Å². The van der Waals surface area contributed by atoms with Crippen LogP contribution in [-0.4, -0.2) is 37.6 Å². The largest absolute Gasteiger partial charge is 0.436 e. The van der Waals surface area contributed by atoms with Crippen LogP contribution in [0.1, 0.15) is 13.8 Å². The molecule has 0 aliphatic heterocycles. The van der Waals surface area contributed by atoms with E-state index < -0.39 is 7.94 Å². The molecule has 0 saturated carbocycles. The second-order valence-electron chi connectivity index (χ2n) is 2.30. The molecule has 13 heavy (non-hydrogen) atoms. The first kappa shape index (κ1) is 13.2. The van der Waals surface area contributed by atoms with Crippen LogP contribution in [0.15, 0.2) is 0 Å². The monoisotopic (exact) mass is 212 g/mol. The summed E-state index contributed by atoms with van der Waals surface area (Å²) >= 11 is 0. The van der Waals surface area contributed by atoms with Crippen molar-refractivity contribution < 1.29 is 18.7 Å². The van der Waals surface area contributed by atoms with Crippen molar-refractivity contribution >= 4 is 7.94 Å². The quantitative estimate of drug-likeness (QED) is 0.458. The Bertz CT molecular complexity index is 119. The molecule has 0 unspecified atom stereocenters. The smallest absolute Gasteiger partial charge is 0.338 e. The van der Waals surface area contributed by atoms with E-state index in [4.69, 9.17) is 19.5 Å². The Balaban J connectivity index is 3.76. The van der Waals surface area contributed by atoms with Crippen LogP contribution >= 0.6 is 7.94 Å². The molecular weight excluding hydrogens is 193 g/mol. The number of rotatable bonds is 8. The van der Waals surface area contributed by atoms with Gasteiger partial charge in [-0.3, -0.25) is 0 Å². The van der Waals surface area contributed by atoms with Gasteiger partial charge in [0.15, 0.2) is 0 Å². The zero-order valence-corrected chi connectivity index (χ0v) is 9.13. The molecule has 6 heteroatoms. The van der Waals surface area contributed by atoms with Gasteiger partial charge < -0.3 is 10.5 Å². The van der Waals surface area contributed by atoms with Gasteiger partial charge in [0.05, 0.1) is 19.8 Å². The van der Waals surface area contributed by atoms with Crippen LogP contribution < -0.4 is 5.73 Å². The summed E-state index contributed by atoms with van der Waals surface area (Å²) in [4.78, 5) is 9.74. The highest BCUT2D eigenvalue weighted by Crippen LogP contribution is 2.56. The number of hydrogen-bond donors (Lipinski definition) is 2. The van der Waals surface area contributed by atoms with Crippen molar-refractivity contribution in [2.24, 2.45) is 5.73 Å². The zero-order valence-electron chi connectivity index (χ0n) is 8.23. The van der Waals surface area contributed by atoms with Gasteiger partial charge in [0.1, 0.15) is 0 Å². The summed E-state index contributed by atoms with van der Waals surface area (Å²) in [5.41, 5.74) is 5.23. The van der Waals surface area contributed by atoms with Gasteiger partial charge in [0, 0.05) is 6.54 Å². The molecular formula is C7H19NO4P+. The molecule has 0 atom stereocenters. The number of hydrogen-bond acceptors (Lipinski definition) is 5. The molecule has 0 radical (unpaired) electrons. The predicted octanol–water partition coefficient (Wildman–Crippen LogP) is 0.747. The third-order valence-electron chi connectivity index (χ3n) is 1.18. The maximum Gasteiger partial charge on any atom is 0.436 e. The van der Waals surface area contributed by atoms with Crippen molar-refractivity contribution in [3.05, 3.63) is 0 Å². The Morgan fingerprint density at radius 3 is 2.15 bits per heavy atom. The Hall–Kier alpha value is 0.230. The van der Waals surface area contributed by atoms with E-state index in [0.717, 1.165) is 0 Å². The molecule has 0 aromatic heterocycles. The summed E-state index contributed by atoms with van der Waals surface area (Å²) in [6.45, 7) is 5.26. The van der Waals surface area contributed by atoms with Crippen molar-refractivity contribution in [3.63, 3.8) is 0 Å². The molecule has 0 heterocycles. The van der Waals surface area contributed by atoms with Gasteiger partial charge in [0.25, 0.3) is 0 Å². The highest BCUT2D eigenvalue weighted by atomic mass is 31.2. The summed E-state index contributed by atoms with van der Waals surface area (Å²) < 4.78 is 15.3. The van der Waals surface area contributed by atoms with Gasteiger partial charge >= 0.3 is 7.94 Å². The van der Waals surface area contributed by atoms with Gasteiger partial charge in [-0.1, -0.05) is 0 Å². The van der Waals surface area contributed by atoms with Gasteiger partial charge in [-0.15, -0.1) is 0 Å². The summed E-state index contributed by atoms with van der Waals surface area (Å²) in [5, 5.41) is 0. The first-order valence-electron chi connectivity index (χ1n) is 4.36. The van der Waals surface area contributed by atoms with E-state index in [9.17, 15) is 4.89 Å². The van der Waals surface area contributed by atoms with Crippen LogP contribution in [-0.2, 0) is 13.8 Å². The fourth-order valence-electron chi connectivity index (χ4n) is 0.779. The van der Waals surface area contributed by atoms with Gasteiger partial charge in [0.2, 0.25) is 6.35 Å². The normalized spacial score (nSPS) is 12.0. The maximum absolute atomic E-state index is 9.74. The van der Waals surface area contributed by atoms with Crippen molar-refractivity contribution in [1.29, 1.82) is 0 Å². The van der Waals surface area contributed by atoms with Gasteiger partial charge in [-0.2, -0.15) is 13.9 Å². The molecule has 0 aromatic carbocycles. The molecule has 0 amide bonds. The van der Waals surface area contributed by atoms with E-state index in [0.29, 0.717) is 26.4 Å². The van der Waals surface area contributed by atoms with E-state index in [1.807, 2.05) is 0 Å². The van der Waals surface area contributed by atoms with Crippen LogP contribution in [0.3, 0.4) is 0 Å². The van der Waals surface area contributed by atoms with Crippen molar-refractivity contribution in [2.75, 3.05) is 32.7 Å². The third-order valence-corrected chi connectivity index (χ3v) is 3.01. The van der Waals surface area contributed by atoms with E-state index >= 15 is 0 Å². The van der Waals surface area contributed by atoms with E-state index in [2.05, 4.69) is 0 Å². The van der Waals surface area contributed by atoms with Crippen LogP contribution in [0.25, 0.3) is 0 Å². The SMILES string of the molecule is CCO[P+](O)(COCCN)OCC. The molecule has 0 bridgehead atoms. The lowest BCUT2D eigenvalue weighted by molar-refractivity contribution is 0.119. The zero-order chi connectivity index (χ0) is 10.2. The minimum Gasteiger partial charge on any atom is -0.338 e. The maximum atomic E-state index is 9.74. The van der Waals surface area contributed by atoms with Crippen molar-refractivity contribution in [3.8, 4) is 0 Å². The molecule has 0 aliphatic carbocycles. The summed E-state index contributed by atoms with van der Waals surface area (Å²) in [6.07, 6.45) is 0.0892. The highest BCUT2D eigenvalue weighted by molar-refractivity contribution is 7.60. The molecule has 80 valence electrons. The molecule has 0 fully saturated rings. The average Bonchev–Trinajstić information content (AvgIpc) is 2.05. The molecule has 0 saturated heterocycles. The first-order chi connectivity index (χ1) is 6.18. The minimum atomic E-state index is -2.78. The summed E-state index contributed by atoms with van der Waals surface area (Å²) in [5.74, 6) is 0. The second kappa shape index (κ2) is 7.62.